The fraction of sp³-hybridized carbons (Fsp3) is 0.276. The molecule has 2 heterocycles. The molecule has 1 saturated carbocycles. The smallest absolute Gasteiger partial charge is 0.257 e. The predicted molar refractivity (Wildman–Crippen MR) is 145 cm³/mol. The molecule has 0 radical (unpaired) electrons. The molecule has 1 saturated heterocycles. The van der Waals surface area contributed by atoms with Crippen LogP contribution in [0.2, 0.25) is 5.02 Å². The van der Waals surface area contributed by atoms with E-state index in [1.54, 1.807) is 0 Å². The number of carbonyl (C=O) groups is 3. The zero-order chi connectivity index (χ0) is 31.1. The monoisotopic (exact) mass is 615 g/mol. The minimum Gasteiger partial charge on any atom is -0.383 e. The van der Waals surface area contributed by atoms with Gasteiger partial charge >= 0.3 is 0 Å². The maximum atomic E-state index is 14.6. The molecule has 9 nitrogen and oxygen atoms in total. The van der Waals surface area contributed by atoms with E-state index >= 15 is 0 Å². The van der Waals surface area contributed by atoms with Gasteiger partial charge in [0.15, 0.2) is 0 Å². The summed E-state index contributed by atoms with van der Waals surface area (Å²) in [5, 5.41) is 22.2. The molecule has 14 heteroatoms. The first-order valence-corrected chi connectivity index (χ1v) is 13.4. The number of nitriles is 1. The molecule has 3 amide bonds. The maximum absolute atomic E-state index is 14.6. The first-order valence-electron chi connectivity index (χ1n) is 13.0. The minimum absolute atomic E-state index is 0.00760. The summed E-state index contributed by atoms with van der Waals surface area (Å²) in [6, 6.07) is 8.04. The van der Waals surface area contributed by atoms with Crippen molar-refractivity contribution in [3.8, 4) is 6.07 Å². The Balaban J connectivity index is 1.65. The van der Waals surface area contributed by atoms with Crippen molar-refractivity contribution in [2.75, 3.05) is 9.80 Å². The zero-order valence-electron chi connectivity index (χ0n) is 22.1. The van der Waals surface area contributed by atoms with Gasteiger partial charge in [-0.1, -0.05) is 29.8 Å². The summed E-state index contributed by atoms with van der Waals surface area (Å²) in [6.07, 6.45) is -2.31. The van der Waals surface area contributed by atoms with Crippen LogP contribution >= 0.6 is 11.6 Å². The number of alkyl halides is 2. The lowest BCUT2D eigenvalue weighted by molar-refractivity contribution is -0.133. The first kappa shape index (κ1) is 29.9. The van der Waals surface area contributed by atoms with E-state index in [-0.39, 0.29) is 22.0 Å². The Hall–Kier alpha value is -4.54. The van der Waals surface area contributed by atoms with Gasteiger partial charge in [-0.05, 0) is 30.3 Å². The fourth-order valence-electron chi connectivity index (χ4n) is 5.22. The van der Waals surface area contributed by atoms with Crippen LogP contribution in [0.3, 0.4) is 0 Å². The number of nitrogens with one attached hydrogen (secondary N) is 1. The number of halogens is 5. The Morgan fingerprint density at radius 3 is 2.44 bits per heavy atom. The number of pyridine rings is 1. The normalized spacial score (nSPS) is 20.2. The summed E-state index contributed by atoms with van der Waals surface area (Å²) in [6.45, 7) is 0. The van der Waals surface area contributed by atoms with Crippen LogP contribution in [-0.2, 0) is 14.4 Å². The van der Waals surface area contributed by atoms with Gasteiger partial charge in [0.1, 0.15) is 35.6 Å². The molecule has 2 aliphatic rings. The number of hydrogen-bond acceptors (Lipinski definition) is 6. The molecule has 2 unspecified atom stereocenters. The molecule has 0 spiro atoms. The van der Waals surface area contributed by atoms with E-state index in [0.717, 1.165) is 21.9 Å². The van der Waals surface area contributed by atoms with E-state index in [9.17, 15) is 42.3 Å². The van der Waals surface area contributed by atoms with Crippen LogP contribution in [0.5, 0.6) is 0 Å². The van der Waals surface area contributed by atoms with Gasteiger partial charge in [-0.25, -0.2) is 22.5 Å². The Labute approximate surface area is 247 Å². The van der Waals surface area contributed by atoms with Gasteiger partial charge in [0.05, 0.1) is 17.3 Å². The third-order valence-corrected chi connectivity index (χ3v) is 7.54. The number of anilines is 2. The Kier molecular flexibility index (Phi) is 8.09. The highest BCUT2D eigenvalue weighted by Gasteiger charge is 2.50. The number of aromatic nitrogens is 1. The lowest BCUT2D eigenvalue weighted by Crippen LogP contribution is -2.56. The minimum atomic E-state index is -3.00. The number of aliphatic hydroxyl groups excluding tert-OH is 1. The topological polar surface area (TPSA) is 127 Å². The van der Waals surface area contributed by atoms with Crippen molar-refractivity contribution in [2.45, 2.75) is 49.4 Å². The molecule has 1 aliphatic heterocycles. The van der Waals surface area contributed by atoms with Crippen LogP contribution in [0.4, 0.5) is 29.1 Å². The van der Waals surface area contributed by atoms with Crippen molar-refractivity contribution in [2.24, 2.45) is 0 Å². The quantitative estimate of drug-likeness (QED) is 0.387. The number of benzene rings is 2. The van der Waals surface area contributed by atoms with Crippen LogP contribution in [0.25, 0.3) is 0 Å². The second-order valence-corrected chi connectivity index (χ2v) is 10.6. The van der Waals surface area contributed by atoms with Crippen molar-refractivity contribution in [3.05, 3.63) is 88.6 Å². The van der Waals surface area contributed by atoms with Crippen molar-refractivity contribution in [1.82, 2.24) is 10.3 Å². The van der Waals surface area contributed by atoms with Gasteiger partial charge in [-0.2, -0.15) is 5.26 Å². The number of amides is 3. The molecule has 2 aromatic carbocycles. The SMILES string of the molecule is N#Cc1ccnc(N2C(=O)C(O)CC2C(=O)N(c2cc(F)cc(F)c2)[C@H](C(=O)NC2CC(F)(F)C2)c2ccccc2Cl)c1. The summed E-state index contributed by atoms with van der Waals surface area (Å²) in [4.78, 5) is 46.9. The summed E-state index contributed by atoms with van der Waals surface area (Å²) in [7, 11) is 0. The molecule has 0 bridgehead atoms. The summed E-state index contributed by atoms with van der Waals surface area (Å²) in [5.41, 5.74) is -0.374. The molecule has 3 atom stereocenters. The van der Waals surface area contributed by atoms with Crippen molar-refractivity contribution in [1.29, 1.82) is 5.26 Å². The average Bonchev–Trinajstić information content (AvgIpc) is 3.24. The molecule has 1 aliphatic carbocycles. The second-order valence-electron chi connectivity index (χ2n) is 10.2. The van der Waals surface area contributed by atoms with Crippen LogP contribution in [0.15, 0.2) is 60.8 Å². The highest BCUT2D eigenvalue weighted by molar-refractivity contribution is 6.31. The third kappa shape index (κ3) is 6.02. The van der Waals surface area contributed by atoms with E-state index in [1.165, 1.54) is 42.6 Å². The molecule has 2 fully saturated rings. The van der Waals surface area contributed by atoms with Gasteiger partial charge < -0.3 is 10.4 Å². The van der Waals surface area contributed by atoms with Crippen molar-refractivity contribution < 1.29 is 37.1 Å². The number of rotatable bonds is 7. The van der Waals surface area contributed by atoms with Crippen LogP contribution in [0.1, 0.15) is 36.4 Å². The molecular weight excluding hydrogens is 594 g/mol. The Morgan fingerprint density at radius 2 is 1.81 bits per heavy atom. The standard InChI is InChI=1S/C29H22ClF4N5O4/c30-21-4-2-1-3-20(21)25(26(41)37-18-12-29(33,34)13-18)38(19-9-16(31)8-17(32)10-19)27(42)22-11-23(40)28(43)39(22)24-7-15(14-35)5-6-36-24/h1-10,18,22-23,25,40H,11-13H2,(H,37,41)/t22?,23?,25-/m0/s1. The molecule has 1 aromatic heterocycles. The second kappa shape index (κ2) is 11.6. The van der Waals surface area contributed by atoms with Crippen LogP contribution in [0, 0.1) is 23.0 Å². The van der Waals surface area contributed by atoms with Gasteiger partial charge in [0.2, 0.25) is 5.91 Å². The van der Waals surface area contributed by atoms with Gasteiger partial charge in [-0.15, -0.1) is 0 Å². The number of nitrogens with zero attached hydrogens (tertiary/aromatic N) is 4. The van der Waals surface area contributed by atoms with Gasteiger partial charge in [0, 0.05) is 48.2 Å². The average molecular weight is 616 g/mol. The molecule has 5 rings (SSSR count). The largest absolute Gasteiger partial charge is 0.383 e. The zero-order valence-corrected chi connectivity index (χ0v) is 22.8. The molecule has 43 heavy (non-hydrogen) atoms. The highest BCUT2D eigenvalue weighted by Crippen LogP contribution is 2.40. The number of aliphatic hydroxyl groups is 1. The van der Waals surface area contributed by atoms with E-state index in [1.807, 2.05) is 6.07 Å². The summed E-state index contributed by atoms with van der Waals surface area (Å²) >= 11 is 6.42. The summed E-state index contributed by atoms with van der Waals surface area (Å²) in [5.74, 6) is -8.36. The highest BCUT2D eigenvalue weighted by atomic mass is 35.5. The fourth-order valence-corrected chi connectivity index (χ4v) is 5.45. The predicted octanol–water partition coefficient (Wildman–Crippen LogP) is 4.04. The third-order valence-electron chi connectivity index (χ3n) is 7.19. The molecular formula is C29H22ClF4N5O4. The Morgan fingerprint density at radius 1 is 1.14 bits per heavy atom. The van der Waals surface area contributed by atoms with Gasteiger partial charge in [-0.3, -0.25) is 24.2 Å². The van der Waals surface area contributed by atoms with Crippen molar-refractivity contribution in [3.63, 3.8) is 0 Å². The first-order chi connectivity index (χ1) is 20.4. The molecule has 3 aromatic rings. The number of carbonyl (C=O) groups excluding carboxylic acids is 3. The van der Waals surface area contributed by atoms with E-state index < -0.39 is 84.5 Å². The molecule has 222 valence electrons. The molecule has 2 N–H and O–H groups in total. The lowest BCUT2D eigenvalue weighted by Gasteiger charge is -2.39. The number of hydrogen-bond donors (Lipinski definition) is 2. The van der Waals surface area contributed by atoms with Gasteiger partial charge in [0.25, 0.3) is 17.7 Å². The lowest BCUT2D eigenvalue weighted by atomic mass is 9.87. The Bertz CT molecular complexity index is 1620. The van der Waals surface area contributed by atoms with E-state index in [0.29, 0.717) is 6.07 Å². The summed E-state index contributed by atoms with van der Waals surface area (Å²) < 4.78 is 56.3. The van der Waals surface area contributed by atoms with E-state index in [4.69, 9.17) is 11.6 Å². The van der Waals surface area contributed by atoms with Crippen LogP contribution in [-0.4, -0.2) is 51.9 Å². The van der Waals surface area contributed by atoms with E-state index in [2.05, 4.69) is 10.3 Å². The van der Waals surface area contributed by atoms with Crippen molar-refractivity contribution >= 4 is 40.8 Å². The van der Waals surface area contributed by atoms with Crippen LogP contribution < -0.4 is 15.1 Å². The maximum Gasteiger partial charge on any atom is 0.257 e.